The molecule has 2 fully saturated rings. The lowest BCUT2D eigenvalue weighted by Crippen LogP contribution is -2.47. The van der Waals surface area contributed by atoms with Crippen molar-refractivity contribution in [3.8, 4) is 0 Å². The topological polar surface area (TPSA) is 68.0 Å². The number of nitrogens with one attached hydrogen (secondary N) is 2. The molecule has 0 bridgehead atoms. The highest BCUT2D eigenvalue weighted by Crippen LogP contribution is 2.23. The van der Waals surface area contributed by atoms with Crippen LogP contribution in [0, 0.1) is 11.8 Å². The summed E-state index contributed by atoms with van der Waals surface area (Å²) in [6, 6.07) is 4.47. The van der Waals surface area contributed by atoms with E-state index in [-0.39, 0.29) is 0 Å². The van der Waals surface area contributed by atoms with Gasteiger partial charge in [0.15, 0.2) is 5.96 Å². The first-order valence-electron chi connectivity index (χ1n) is 11.0. The zero-order valence-corrected chi connectivity index (χ0v) is 17.3. The maximum absolute atomic E-state index is 5.79. The monoisotopic (exact) mass is 391 g/mol. The van der Waals surface area contributed by atoms with Crippen LogP contribution in [0.4, 0.5) is 0 Å². The van der Waals surface area contributed by atoms with Crippen LogP contribution in [-0.4, -0.2) is 51.5 Å². The Kier molecular flexibility index (Phi) is 9.17. The molecule has 2 heterocycles. The summed E-state index contributed by atoms with van der Waals surface area (Å²) in [7, 11) is 0. The SMILES string of the molecule is CC1CCCCC1NC(=NCCCOCC1CCOC1)NCCc1ccco1. The number of furan rings is 1. The second-order valence-electron chi connectivity index (χ2n) is 8.16. The van der Waals surface area contributed by atoms with Gasteiger partial charge < -0.3 is 24.5 Å². The molecule has 1 saturated carbocycles. The van der Waals surface area contributed by atoms with Crippen LogP contribution in [0.3, 0.4) is 0 Å². The van der Waals surface area contributed by atoms with Gasteiger partial charge >= 0.3 is 0 Å². The molecule has 6 heteroatoms. The molecular formula is C22H37N3O3. The maximum atomic E-state index is 5.79. The summed E-state index contributed by atoms with van der Waals surface area (Å²) in [6.45, 7) is 7.26. The second kappa shape index (κ2) is 12.1. The average molecular weight is 392 g/mol. The summed E-state index contributed by atoms with van der Waals surface area (Å²) < 4.78 is 16.6. The van der Waals surface area contributed by atoms with Gasteiger partial charge in [0.25, 0.3) is 0 Å². The van der Waals surface area contributed by atoms with Crippen LogP contribution in [0.15, 0.2) is 27.8 Å². The Morgan fingerprint density at radius 1 is 1.29 bits per heavy atom. The first kappa shape index (κ1) is 21.2. The fourth-order valence-electron chi connectivity index (χ4n) is 3.94. The molecule has 158 valence electrons. The highest BCUT2D eigenvalue weighted by Gasteiger charge is 2.22. The molecule has 3 atom stereocenters. The van der Waals surface area contributed by atoms with E-state index in [1.54, 1.807) is 6.26 Å². The van der Waals surface area contributed by atoms with Gasteiger partial charge in [-0.15, -0.1) is 0 Å². The molecule has 0 aromatic carbocycles. The molecule has 1 aliphatic carbocycles. The number of rotatable bonds is 10. The molecule has 1 aliphatic heterocycles. The summed E-state index contributed by atoms with van der Waals surface area (Å²) in [5, 5.41) is 7.16. The van der Waals surface area contributed by atoms with E-state index >= 15 is 0 Å². The molecule has 1 saturated heterocycles. The van der Waals surface area contributed by atoms with Gasteiger partial charge in [0, 0.05) is 44.7 Å². The van der Waals surface area contributed by atoms with Crippen molar-refractivity contribution in [2.75, 3.05) is 39.5 Å². The molecular weight excluding hydrogens is 354 g/mol. The number of nitrogens with zero attached hydrogens (tertiary/aromatic N) is 1. The van der Waals surface area contributed by atoms with E-state index < -0.39 is 0 Å². The van der Waals surface area contributed by atoms with E-state index in [9.17, 15) is 0 Å². The Morgan fingerprint density at radius 3 is 3.00 bits per heavy atom. The minimum absolute atomic E-state index is 0.516. The Labute approximate surface area is 169 Å². The van der Waals surface area contributed by atoms with Crippen molar-refractivity contribution in [2.45, 2.75) is 57.9 Å². The van der Waals surface area contributed by atoms with Crippen molar-refractivity contribution in [3.05, 3.63) is 24.2 Å². The Bertz CT molecular complexity index is 555. The molecule has 0 spiro atoms. The summed E-state index contributed by atoms with van der Waals surface area (Å²) in [5.41, 5.74) is 0. The van der Waals surface area contributed by atoms with Crippen molar-refractivity contribution in [1.29, 1.82) is 0 Å². The molecule has 6 nitrogen and oxygen atoms in total. The van der Waals surface area contributed by atoms with E-state index in [2.05, 4.69) is 17.6 Å². The zero-order chi connectivity index (χ0) is 19.4. The third kappa shape index (κ3) is 7.47. The lowest BCUT2D eigenvalue weighted by molar-refractivity contribution is 0.0893. The van der Waals surface area contributed by atoms with Crippen molar-refractivity contribution in [3.63, 3.8) is 0 Å². The summed E-state index contributed by atoms with van der Waals surface area (Å²) in [5.74, 6) is 3.20. The molecule has 2 N–H and O–H groups in total. The van der Waals surface area contributed by atoms with Crippen LogP contribution in [0.5, 0.6) is 0 Å². The maximum Gasteiger partial charge on any atom is 0.191 e. The minimum atomic E-state index is 0.516. The van der Waals surface area contributed by atoms with Crippen LogP contribution in [0.1, 0.15) is 51.2 Å². The van der Waals surface area contributed by atoms with E-state index in [4.69, 9.17) is 18.9 Å². The van der Waals surface area contributed by atoms with Crippen LogP contribution < -0.4 is 10.6 Å². The largest absolute Gasteiger partial charge is 0.469 e. The normalized spacial score (nSPS) is 25.8. The fraction of sp³-hybridized carbons (Fsp3) is 0.773. The average Bonchev–Trinajstić information content (AvgIpc) is 3.40. The number of guanidine groups is 1. The van der Waals surface area contributed by atoms with Gasteiger partial charge in [0.1, 0.15) is 5.76 Å². The van der Waals surface area contributed by atoms with Crippen molar-refractivity contribution < 1.29 is 13.9 Å². The Hall–Kier alpha value is -1.53. The quantitative estimate of drug-likeness (QED) is 0.364. The summed E-state index contributed by atoms with van der Waals surface area (Å²) in [4.78, 5) is 4.80. The van der Waals surface area contributed by atoms with E-state index in [1.807, 2.05) is 12.1 Å². The van der Waals surface area contributed by atoms with Gasteiger partial charge in [-0.2, -0.15) is 0 Å². The van der Waals surface area contributed by atoms with Crippen molar-refractivity contribution in [1.82, 2.24) is 10.6 Å². The van der Waals surface area contributed by atoms with Crippen LogP contribution in [0.25, 0.3) is 0 Å². The second-order valence-corrected chi connectivity index (χ2v) is 8.16. The highest BCUT2D eigenvalue weighted by atomic mass is 16.5. The molecule has 2 aliphatic rings. The first-order chi connectivity index (χ1) is 13.8. The molecule has 3 unspecified atom stereocenters. The number of hydrogen-bond donors (Lipinski definition) is 2. The van der Waals surface area contributed by atoms with Crippen molar-refractivity contribution in [2.24, 2.45) is 16.8 Å². The van der Waals surface area contributed by atoms with Gasteiger partial charge in [-0.25, -0.2) is 0 Å². The van der Waals surface area contributed by atoms with Gasteiger partial charge in [-0.1, -0.05) is 19.8 Å². The standard InChI is InChI=1S/C22H37N3O3/c1-18-6-2-3-8-21(18)25-22(24-12-9-20-7-4-14-28-20)23-11-5-13-26-16-19-10-15-27-17-19/h4,7,14,18-19,21H,2-3,5-6,8-13,15-17H2,1H3,(H2,23,24,25). The van der Waals surface area contributed by atoms with Crippen molar-refractivity contribution >= 4 is 5.96 Å². The summed E-state index contributed by atoms with van der Waals surface area (Å²) in [6.07, 6.45) is 9.85. The van der Waals surface area contributed by atoms with Gasteiger partial charge in [0.2, 0.25) is 0 Å². The third-order valence-electron chi connectivity index (χ3n) is 5.77. The molecule has 28 heavy (non-hydrogen) atoms. The predicted octanol–water partition coefficient (Wildman–Crippen LogP) is 3.38. The van der Waals surface area contributed by atoms with E-state index in [0.717, 1.165) is 70.5 Å². The smallest absolute Gasteiger partial charge is 0.191 e. The number of hydrogen-bond acceptors (Lipinski definition) is 4. The van der Waals surface area contributed by atoms with Crippen LogP contribution >= 0.6 is 0 Å². The van der Waals surface area contributed by atoms with Crippen LogP contribution in [0.2, 0.25) is 0 Å². The predicted molar refractivity (Wildman–Crippen MR) is 112 cm³/mol. The number of ether oxygens (including phenoxy) is 2. The third-order valence-corrected chi connectivity index (χ3v) is 5.77. The van der Waals surface area contributed by atoms with E-state index in [1.165, 1.54) is 25.7 Å². The Morgan fingerprint density at radius 2 is 2.21 bits per heavy atom. The van der Waals surface area contributed by atoms with Gasteiger partial charge in [0.05, 0.1) is 19.5 Å². The molecule has 1 aromatic heterocycles. The Balaban J connectivity index is 1.39. The van der Waals surface area contributed by atoms with Gasteiger partial charge in [-0.3, -0.25) is 4.99 Å². The van der Waals surface area contributed by atoms with E-state index in [0.29, 0.717) is 17.9 Å². The number of aliphatic imine (C=N–C) groups is 1. The lowest BCUT2D eigenvalue weighted by atomic mass is 9.86. The molecule has 3 rings (SSSR count). The van der Waals surface area contributed by atoms with Crippen LogP contribution in [-0.2, 0) is 15.9 Å². The van der Waals surface area contributed by atoms with Gasteiger partial charge in [-0.05, 0) is 43.7 Å². The lowest BCUT2D eigenvalue weighted by Gasteiger charge is -2.31. The zero-order valence-electron chi connectivity index (χ0n) is 17.3. The highest BCUT2D eigenvalue weighted by molar-refractivity contribution is 5.80. The molecule has 1 aromatic rings. The summed E-state index contributed by atoms with van der Waals surface area (Å²) >= 11 is 0. The molecule has 0 radical (unpaired) electrons. The molecule has 0 amide bonds. The minimum Gasteiger partial charge on any atom is -0.469 e. The first-order valence-corrected chi connectivity index (χ1v) is 11.0. The fourth-order valence-corrected chi connectivity index (χ4v) is 3.94.